The molecular formula is C20H19Cl2N3O4S. The fourth-order valence-corrected chi connectivity index (χ4v) is 4.56. The lowest BCUT2D eigenvalue weighted by Crippen LogP contribution is -2.33. The second-order valence-electron chi connectivity index (χ2n) is 6.29. The average molecular weight is 468 g/mol. The standard InChI is InChI=1S/C20H19Cl2N3O4S/c1-3-25-19(28)16(10-17(26)24-14-6-4-5-7-15(14)29-2)30-20(25)23-11-8-12(21)18(27)13(22)9-11/h4-9,16,27H,3,10H2,1-2H3,(H,24,26)/t16-/m1/s1. The van der Waals surface area contributed by atoms with Crippen LogP contribution in [0.5, 0.6) is 11.5 Å². The predicted octanol–water partition coefficient (Wildman–Crippen LogP) is 4.69. The van der Waals surface area contributed by atoms with E-state index in [0.717, 1.165) is 0 Å². The molecule has 3 rings (SSSR count). The van der Waals surface area contributed by atoms with Crippen molar-refractivity contribution >= 4 is 63.3 Å². The first kappa shape index (κ1) is 22.3. The number of aliphatic imine (C=N–C) groups is 1. The maximum absolute atomic E-state index is 12.8. The summed E-state index contributed by atoms with van der Waals surface area (Å²) in [6.07, 6.45) is -0.0197. The van der Waals surface area contributed by atoms with Crippen molar-refractivity contribution in [2.24, 2.45) is 4.99 Å². The summed E-state index contributed by atoms with van der Waals surface area (Å²) in [5.41, 5.74) is 0.936. The second-order valence-corrected chi connectivity index (χ2v) is 8.28. The SMILES string of the molecule is CCN1C(=O)[C@@H](CC(=O)Nc2ccccc2OC)SC1=Nc1cc(Cl)c(O)c(Cl)c1. The Kier molecular flexibility index (Phi) is 7.12. The summed E-state index contributed by atoms with van der Waals surface area (Å²) < 4.78 is 5.23. The lowest BCUT2D eigenvalue weighted by Gasteiger charge is -2.14. The quantitative estimate of drug-likeness (QED) is 0.642. The van der Waals surface area contributed by atoms with E-state index in [1.54, 1.807) is 24.3 Å². The zero-order chi connectivity index (χ0) is 21.8. The van der Waals surface area contributed by atoms with Crippen LogP contribution >= 0.6 is 35.0 Å². The lowest BCUT2D eigenvalue weighted by molar-refractivity contribution is -0.128. The number of benzene rings is 2. The fraction of sp³-hybridized carbons (Fsp3) is 0.250. The number of para-hydroxylation sites is 2. The molecule has 0 saturated carbocycles. The number of halogens is 2. The van der Waals surface area contributed by atoms with Crippen LogP contribution in [0, 0.1) is 0 Å². The number of hydrogen-bond donors (Lipinski definition) is 2. The summed E-state index contributed by atoms with van der Waals surface area (Å²) in [6, 6.07) is 9.96. The average Bonchev–Trinajstić information content (AvgIpc) is 3.00. The molecule has 0 aromatic heterocycles. The van der Waals surface area contributed by atoms with Gasteiger partial charge in [-0.15, -0.1) is 0 Å². The third-order valence-corrected chi connectivity index (χ3v) is 6.07. The number of phenols is 1. The molecule has 2 aromatic carbocycles. The molecule has 1 atom stereocenters. The molecule has 10 heteroatoms. The molecule has 1 aliphatic heterocycles. The van der Waals surface area contributed by atoms with Crippen molar-refractivity contribution in [2.45, 2.75) is 18.6 Å². The first-order valence-electron chi connectivity index (χ1n) is 9.01. The number of rotatable bonds is 6. The summed E-state index contributed by atoms with van der Waals surface area (Å²) in [5.74, 6) is -0.198. The minimum absolute atomic E-state index is 0.0197. The Labute approximate surface area is 188 Å². The van der Waals surface area contributed by atoms with Gasteiger partial charge < -0.3 is 15.2 Å². The van der Waals surface area contributed by atoms with Crippen LogP contribution in [0.15, 0.2) is 41.4 Å². The maximum atomic E-state index is 12.8. The van der Waals surface area contributed by atoms with Crippen molar-refractivity contribution in [3.05, 3.63) is 46.4 Å². The Hall–Kier alpha value is -2.42. The number of hydrogen-bond acceptors (Lipinski definition) is 6. The molecule has 2 aromatic rings. The highest BCUT2D eigenvalue weighted by atomic mass is 35.5. The smallest absolute Gasteiger partial charge is 0.242 e. The number of thioether (sulfide) groups is 1. The van der Waals surface area contributed by atoms with Crippen LogP contribution in [-0.2, 0) is 9.59 Å². The van der Waals surface area contributed by atoms with Crippen molar-refractivity contribution in [1.29, 1.82) is 0 Å². The number of nitrogens with zero attached hydrogens (tertiary/aromatic N) is 2. The topological polar surface area (TPSA) is 91.2 Å². The molecule has 30 heavy (non-hydrogen) atoms. The number of amides is 2. The van der Waals surface area contributed by atoms with Crippen LogP contribution in [0.1, 0.15) is 13.3 Å². The minimum atomic E-state index is -0.610. The van der Waals surface area contributed by atoms with Crippen LogP contribution < -0.4 is 10.1 Å². The molecule has 1 fully saturated rings. The summed E-state index contributed by atoms with van der Waals surface area (Å²) in [7, 11) is 1.52. The van der Waals surface area contributed by atoms with Gasteiger partial charge >= 0.3 is 0 Å². The van der Waals surface area contributed by atoms with Gasteiger partial charge in [0.15, 0.2) is 10.9 Å². The van der Waals surface area contributed by atoms with E-state index in [2.05, 4.69) is 10.3 Å². The van der Waals surface area contributed by atoms with Gasteiger partial charge in [0.1, 0.15) is 11.0 Å². The molecule has 0 spiro atoms. The van der Waals surface area contributed by atoms with Gasteiger partial charge in [-0.3, -0.25) is 14.5 Å². The molecule has 1 aliphatic rings. The number of carbonyl (C=O) groups is 2. The van der Waals surface area contributed by atoms with E-state index < -0.39 is 5.25 Å². The van der Waals surface area contributed by atoms with Crippen LogP contribution in [0.3, 0.4) is 0 Å². The Balaban J connectivity index is 1.76. The molecule has 0 radical (unpaired) electrons. The third-order valence-electron chi connectivity index (χ3n) is 4.31. The van der Waals surface area contributed by atoms with E-state index in [-0.39, 0.29) is 34.0 Å². The number of methoxy groups -OCH3 is 1. The largest absolute Gasteiger partial charge is 0.505 e. The monoisotopic (exact) mass is 467 g/mol. The van der Waals surface area contributed by atoms with Gasteiger partial charge in [-0.05, 0) is 31.2 Å². The molecule has 2 N–H and O–H groups in total. The molecule has 1 heterocycles. The van der Waals surface area contributed by atoms with Crippen molar-refractivity contribution in [3.8, 4) is 11.5 Å². The van der Waals surface area contributed by atoms with Crippen LogP contribution in [0.4, 0.5) is 11.4 Å². The number of amidine groups is 1. The summed E-state index contributed by atoms with van der Waals surface area (Å²) in [6.45, 7) is 2.22. The van der Waals surface area contributed by atoms with Gasteiger partial charge in [0.2, 0.25) is 11.8 Å². The molecule has 158 valence electrons. The molecule has 2 amide bonds. The number of anilines is 1. The highest BCUT2D eigenvalue weighted by Crippen LogP contribution is 2.38. The van der Waals surface area contributed by atoms with Crippen molar-refractivity contribution in [2.75, 3.05) is 19.0 Å². The number of ether oxygens (including phenoxy) is 1. The van der Waals surface area contributed by atoms with E-state index in [4.69, 9.17) is 27.9 Å². The number of nitrogens with one attached hydrogen (secondary N) is 1. The fourth-order valence-electron chi connectivity index (χ4n) is 2.86. The minimum Gasteiger partial charge on any atom is -0.505 e. The number of phenolic OH excluding ortho intramolecular Hbond substituents is 1. The van der Waals surface area contributed by atoms with E-state index in [1.165, 1.54) is 35.9 Å². The predicted molar refractivity (Wildman–Crippen MR) is 120 cm³/mol. The summed E-state index contributed by atoms with van der Waals surface area (Å²) >= 11 is 13.1. The Morgan fingerprint density at radius 1 is 1.30 bits per heavy atom. The molecule has 0 aliphatic carbocycles. The van der Waals surface area contributed by atoms with E-state index in [1.807, 2.05) is 6.92 Å². The first-order chi connectivity index (χ1) is 14.3. The third kappa shape index (κ3) is 4.83. The van der Waals surface area contributed by atoms with Crippen molar-refractivity contribution in [3.63, 3.8) is 0 Å². The second kappa shape index (κ2) is 9.59. The van der Waals surface area contributed by atoms with Crippen molar-refractivity contribution < 1.29 is 19.4 Å². The Morgan fingerprint density at radius 2 is 1.97 bits per heavy atom. The molecule has 0 bridgehead atoms. The first-order valence-corrected chi connectivity index (χ1v) is 10.6. The van der Waals surface area contributed by atoms with Gasteiger partial charge in [0.05, 0.1) is 28.5 Å². The number of carbonyl (C=O) groups excluding carboxylic acids is 2. The highest BCUT2D eigenvalue weighted by molar-refractivity contribution is 8.15. The van der Waals surface area contributed by atoms with Crippen LogP contribution in [-0.4, -0.2) is 45.9 Å². The Morgan fingerprint density at radius 3 is 2.60 bits per heavy atom. The van der Waals surface area contributed by atoms with Gasteiger partial charge in [-0.1, -0.05) is 47.1 Å². The van der Waals surface area contributed by atoms with E-state index in [0.29, 0.717) is 28.8 Å². The van der Waals surface area contributed by atoms with E-state index >= 15 is 0 Å². The zero-order valence-corrected chi connectivity index (χ0v) is 18.5. The van der Waals surface area contributed by atoms with Gasteiger partial charge in [0, 0.05) is 13.0 Å². The summed E-state index contributed by atoms with van der Waals surface area (Å²) in [5, 5.41) is 12.4. The molecular weight excluding hydrogens is 449 g/mol. The number of aromatic hydroxyl groups is 1. The van der Waals surface area contributed by atoms with Gasteiger partial charge in [0.25, 0.3) is 0 Å². The Bertz CT molecular complexity index is 992. The zero-order valence-electron chi connectivity index (χ0n) is 16.2. The van der Waals surface area contributed by atoms with Crippen LogP contribution in [0.2, 0.25) is 10.0 Å². The lowest BCUT2D eigenvalue weighted by atomic mass is 10.2. The maximum Gasteiger partial charge on any atom is 0.242 e. The molecule has 0 unspecified atom stereocenters. The highest BCUT2D eigenvalue weighted by Gasteiger charge is 2.38. The van der Waals surface area contributed by atoms with Crippen molar-refractivity contribution in [1.82, 2.24) is 4.90 Å². The molecule has 7 nitrogen and oxygen atoms in total. The van der Waals surface area contributed by atoms with E-state index in [9.17, 15) is 14.7 Å². The normalized spacial score (nSPS) is 17.5. The van der Waals surface area contributed by atoms with Gasteiger partial charge in [-0.2, -0.15) is 0 Å². The summed E-state index contributed by atoms with van der Waals surface area (Å²) in [4.78, 5) is 31.2. The molecule has 1 saturated heterocycles. The van der Waals surface area contributed by atoms with Gasteiger partial charge in [-0.25, -0.2) is 4.99 Å². The van der Waals surface area contributed by atoms with Crippen LogP contribution in [0.25, 0.3) is 0 Å².